The van der Waals surface area contributed by atoms with E-state index in [4.69, 9.17) is 9.47 Å². The van der Waals surface area contributed by atoms with E-state index in [9.17, 15) is 8.42 Å². The van der Waals surface area contributed by atoms with Crippen LogP contribution in [0.25, 0.3) is 0 Å². The van der Waals surface area contributed by atoms with Crippen molar-refractivity contribution in [1.82, 2.24) is 0 Å². The van der Waals surface area contributed by atoms with Gasteiger partial charge in [0, 0.05) is 5.69 Å². The lowest BCUT2D eigenvalue weighted by atomic mass is 10.3. The smallest absolute Gasteiger partial charge is 0.265 e. The van der Waals surface area contributed by atoms with Gasteiger partial charge < -0.3 is 9.47 Å². The molecule has 0 aliphatic heterocycles. The Morgan fingerprint density at radius 1 is 1.00 bits per heavy atom. The lowest BCUT2D eigenvalue weighted by Crippen LogP contribution is -2.14. The Kier molecular flexibility index (Phi) is 4.92. The van der Waals surface area contributed by atoms with E-state index in [1.807, 2.05) is 13.8 Å². The number of benzene rings is 2. The Balaban J connectivity index is 2.22. The lowest BCUT2D eigenvalue weighted by molar-refractivity contribution is 0.242. The molecule has 6 heteroatoms. The maximum atomic E-state index is 12.4. The fourth-order valence-corrected chi connectivity index (χ4v) is 3.15. The fourth-order valence-electron chi connectivity index (χ4n) is 1.92. The Morgan fingerprint density at radius 3 is 2.23 bits per heavy atom. The number of hydrogen-bond acceptors (Lipinski definition) is 4. The van der Waals surface area contributed by atoms with Crippen molar-refractivity contribution >= 4 is 15.7 Å². The number of ether oxygens (including phenoxy) is 2. The Morgan fingerprint density at radius 2 is 1.64 bits per heavy atom. The number of sulfonamides is 1. The molecule has 0 saturated heterocycles. The molecular formula is C16H19NO4S. The van der Waals surface area contributed by atoms with Crippen LogP contribution in [-0.2, 0) is 10.0 Å². The van der Waals surface area contributed by atoms with Gasteiger partial charge in [0.2, 0.25) is 0 Å². The minimum absolute atomic E-state index is 0.0659. The van der Waals surface area contributed by atoms with E-state index >= 15 is 0 Å². The van der Waals surface area contributed by atoms with Crippen molar-refractivity contribution < 1.29 is 17.9 Å². The second-order valence-electron chi connectivity index (χ2n) is 4.95. The number of methoxy groups -OCH3 is 1. The first kappa shape index (κ1) is 16.2. The third kappa shape index (κ3) is 3.92. The number of hydrogen-bond donors (Lipinski definition) is 1. The number of anilines is 1. The molecule has 0 spiro atoms. The molecule has 0 bridgehead atoms. The summed E-state index contributed by atoms with van der Waals surface area (Å²) < 4.78 is 38.0. The van der Waals surface area contributed by atoms with Crippen LogP contribution in [0.3, 0.4) is 0 Å². The van der Waals surface area contributed by atoms with Crippen molar-refractivity contribution in [2.24, 2.45) is 0 Å². The van der Waals surface area contributed by atoms with Gasteiger partial charge >= 0.3 is 0 Å². The predicted molar refractivity (Wildman–Crippen MR) is 86.0 cm³/mol. The van der Waals surface area contributed by atoms with Crippen molar-refractivity contribution in [3.8, 4) is 11.5 Å². The zero-order valence-electron chi connectivity index (χ0n) is 12.7. The quantitative estimate of drug-likeness (QED) is 0.887. The van der Waals surface area contributed by atoms with Gasteiger partial charge in [-0.05, 0) is 50.2 Å². The highest BCUT2D eigenvalue weighted by atomic mass is 32.2. The average Bonchev–Trinajstić information content (AvgIpc) is 2.48. The van der Waals surface area contributed by atoms with Gasteiger partial charge in [0.25, 0.3) is 10.0 Å². The van der Waals surface area contributed by atoms with E-state index in [1.165, 1.54) is 13.2 Å². The van der Waals surface area contributed by atoms with Crippen molar-refractivity contribution in [2.45, 2.75) is 24.8 Å². The molecular weight excluding hydrogens is 302 g/mol. The van der Waals surface area contributed by atoms with E-state index in [0.717, 1.165) is 0 Å². The summed E-state index contributed by atoms with van der Waals surface area (Å²) in [5, 5.41) is 0. The molecule has 1 N–H and O–H groups in total. The van der Waals surface area contributed by atoms with Gasteiger partial charge in [-0.2, -0.15) is 0 Å². The van der Waals surface area contributed by atoms with Crippen molar-refractivity contribution in [2.75, 3.05) is 11.8 Å². The van der Waals surface area contributed by atoms with Gasteiger partial charge in [-0.15, -0.1) is 0 Å². The van der Waals surface area contributed by atoms with Crippen molar-refractivity contribution in [3.63, 3.8) is 0 Å². The maximum absolute atomic E-state index is 12.4. The summed E-state index contributed by atoms with van der Waals surface area (Å²) in [6.07, 6.45) is 0.0659. The van der Waals surface area contributed by atoms with Gasteiger partial charge in [-0.25, -0.2) is 8.42 Å². The van der Waals surface area contributed by atoms with Crippen LogP contribution >= 0.6 is 0 Å². The van der Waals surface area contributed by atoms with Gasteiger partial charge in [-0.3, -0.25) is 4.72 Å². The lowest BCUT2D eigenvalue weighted by Gasteiger charge is -2.13. The molecule has 5 nitrogen and oxygen atoms in total. The Bertz CT molecular complexity index is 724. The maximum Gasteiger partial charge on any atom is 0.265 e. The molecule has 0 fully saturated rings. The molecule has 0 amide bonds. The molecule has 2 aromatic rings. The summed E-state index contributed by atoms with van der Waals surface area (Å²) >= 11 is 0. The first-order chi connectivity index (χ1) is 10.4. The van der Waals surface area contributed by atoms with E-state index in [0.29, 0.717) is 17.2 Å². The summed E-state index contributed by atoms with van der Waals surface area (Å²) in [7, 11) is -2.27. The van der Waals surface area contributed by atoms with Crippen LogP contribution in [0.2, 0.25) is 0 Å². The Labute approximate surface area is 130 Å². The highest BCUT2D eigenvalue weighted by molar-refractivity contribution is 7.92. The molecule has 0 aliphatic rings. The number of rotatable bonds is 6. The molecule has 0 unspecified atom stereocenters. The minimum atomic E-state index is -3.71. The molecule has 2 aromatic carbocycles. The number of nitrogens with one attached hydrogen (secondary N) is 1. The van der Waals surface area contributed by atoms with Crippen molar-refractivity contribution in [1.29, 1.82) is 0 Å². The molecule has 0 atom stereocenters. The van der Waals surface area contributed by atoms with Crippen LogP contribution in [-0.4, -0.2) is 21.6 Å². The largest absolute Gasteiger partial charge is 0.495 e. The van der Waals surface area contributed by atoms with Crippen LogP contribution in [0.1, 0.15) is 13.8 Å². The predicted octanol–water partition coefficient (Wildman–Crippen LogP) is 3.28. The van der Waals surface area contributed by atoms with E-state index < -0.39 is 10.0 Å². The standard InChI is InChI=1S/C16H19NO4S/c1-12(2)21-14-10-8-13(9-11-14)17-22(18,19)16-7-5-4-6-15(16)20-3/h4-12,17H,1-3H3. The summed E-state index contributed by atoms with van der Waals surface area (Å²) in [5.41, 5.74) is 0.460. The zero-order chi connectivity index (χ0) is 16.2. The minimum Gasteiger partial charge on any atom is -0.495 e. The van der Waals surface area contributed by atoms with Crippen LogP contribution in [0.15, 0.2) is 53.4 Å². The number of para-hydroxylation sites is 1. The average molecular weight is 321 g/mol. The first-order valence-electron chi connectivity index (χ1n) is 6.85. The highest BCUT2D eigenvalue weighted by Gasteiger charge is 2.18. The van der Waals surface area contributed by atoms with E-state index in [-0.39, 0.29) is 11.0 Å². The van der Waals surface area contributed by atoms with Gasteiger partial charge in [-0.1, -0.05) is 12.1 Å². The van der Waals surface area contributed by atoms with E-state index in [1.54, 1.807) is 42.5 Å². The SMILES string of the molecule is COc1ccccc1S(=O)(=O)Nc1ccc(OC(C)C)cc1. The molecule has 2 rings (SSSR count). The second-order valence-corrected chi connectivity index (χ2v) is 6.60. The Hall–Kier alpha value is -2.21. The van der Waals surface area contributed by atoms with Crippen LogP contribution in [0.4, 0.5) is 5.69 Å². The van der Waals surface area contributed by atoms with Crippen LogP contribution < -0.4 is 14.2 Å². The van der Waals surface area contributed by atoms with Gasteiger partial charge in [0.15, 0.2) is 0 Å². The third-order valence-corrected chi connectivity index (χ3v) is 4.26. The summed E-state index contributed by atoms with van der Waals surface area (Å²) in [5.74, 6) is 0.991. The molecule has 118 valence electrons. The zero-order valence-corrected chi connectivity index (χ0v) is 13.6. The fraction of sp³-hybridized carbons (Fsp3) is 0.250. The molecule has 0 aromatic heterocycles. The molecule has 22 heavy (non-hydrogen) atoms. The monoisotopic (exact) mass is 321 g/mol. The molecule has 0 aliphatic carbocycles. The van der Waals surface area contributed by atoms with Crippen LogP contribution in [0.5, 0.6) is 11.5 Å². The highest BCUT2D eigenvalue weighted by Crippen LogP contribution is 2.26. The molecule has 0 heterocycles. The van der Waals surface area contributed by atoms with Crippen LogP contribution in [0, 0.1) is 0 Å². The van der Waals surface area contributed by atoms with Crippen molar-refractivity contribution in [3.05, 3.63) is 48.5 Å². The molecule has 0 saturated carbocycles. The first-order valence-corrected chi connectivity index (χ1v) is 8.33. The summed E-state index contributed by atoms with van der Waals surface area (Å²) in [4.78, 5) is 0.0972. The van der Waals surface area contributed by atoms with Gasteiger partial charge in [0.1, 0.15) is 16.4 Å². The summed E-state index contributed by atoms with van der Waals surface area (Å²) in [6.45, 7) is 3.86. The second kappa shape index (κ2) is 6.70. The third-order valence-electron chi connectivity index (χ3n) is 2.84. The topological polar surface area (TPSA) is 64.6 Å². The van der Waals surface area contributed by atoms with Gasteiger partial charge in [0.05, 0.1) is 13.2 Å². The van der Waals surface area contributed by atoms with E-state index in [2.05, 4.69) is 4.72 Å². The normalized spacial score (nSPS) is 11.3. The molecule has 0 radical (unpaired) electrons. The summed E-state index contributed by atoms with van der Waals surface area (Å²) in [6, 6.07) is 13.2.